The molecule has 1 heterocycles. The van der Waals surface area contributed by atoms with Crippen LogP contribution in [0.5, 0.6) is 0 Å². The third kappa shape index (κ3) is 2.44. The molecule has 0 spiro atoms. The van der Waals surface area contributed by atoms with Crippen molar-refractivity contribution in [3.05, 3.63) is 59.5 Å². The number of fused-ring (bicyclic) bond motifs is 1. The minimum Gasteiger partial charge on any atom is -0.241 e. The quantitative estimate of drug-likeness (QED) is 0.936. The lowest BCUT2D eigenvalue weighted by atomic mass is 10.1. The van der Waals surface area contributed by atoms with Gasteiger partial charge < -0.3 is 0 Å². The van der Waals surface area contributed by atoms with Crippen LogP contribution in [0.2, 0.25) is 0 Å². The summed E-state index contributed by atoms with van der Waals surface area (Å²) in [4.78, 5) is 3.62. The fraction of sp³-hybridized carbons (Fsp3) is 0.214. The van der Waals surface area contributed by atoms with Gasteiger partial charge in [0.1, 0.15) is 0 Å². The van der Waals surface area contributed by atoms with Gasteiger partial charge in [-0.25, -0.2) is 22.5 Å². The molecule has 6 heteroatoms. The summed E-state index contributed by atoms with van der Waals surface area (Å²) in [5.74, 6) is -0.837. The molecule has 1 N–H and O–H groups in total. The van der Waals surface area contributed by atoms with Gasteiger partial charge in [-0.15, -0.1) is 0 Å². The number of hydrogen-bond donors (Lipinski definition) is 1. The van der Waals surface area contributed by atoms with E-state index in [0.717, 1.165) is 17.2 Å². The Hall–Kier alpha value is -1.79. The molecule has 1 aliphatic carbocycles. The smallest absolute Gasteiger partial charge is 0.241 e. The van der Waals surface area contributed by atoms with Crippen LogP contribution in [0.1, 0.15) is 11.1 Å². The Kier molecular flexibility index (Phi) is 3.27. The van der Waals surface area contributed by atoms with Gasteiger partial charge in [0.2, 0.25) is 5.03 Å². The van der Waals surface area contributed by atoms with E-state index >= 15 is 0 Å². The van der Waals surface area contributed by atoms with E-state index in [2.05, 4.69) is 9.71 Å². The topological polar surface area (TPSA) is 59.1 Å². The maximum absolute atomic E-state index is 13.5. The maximum atomic E-state index is 13.5. The number of pyridine rings is 1. The van der Waals surface area contributed by atoms with Gasteiger partial charge in [0, 0.05) is 12.2 Å². The minimum absolute atomic E-state index is 0.251. The number of sulfonamides is 1. The van der Waals surface area contributed by atoms with Crippen LogP contribution in [0.25, 0.3) is 0 Å². The summed E-state index contributed by atoms with van der Waals surface area (Å²) >= 11 is 0. The van der Waals surface area contributed by atoms with E-state index in [-0.39, 0.29) is 6.04 Å². The molecule has 0 bridgehead atoms. The molecule has 2 aromatic rings. The molecular formula is C14H13FN2O2S. The predicted molar refractivity (Wildman–Crippen MR) is 72.2 cm³/mol. The van der Waals surface area contributed by atoms with Gasteiger partial charge in [-0.2, -0.15) is 0 Å². The van der Waals surface area contributed by atoms with E-state index in [1.807, 2.05) is 24.3 Å². The summed E-state index contributed by atoms with van der Waals surface area (Å²) in [5.41, 5.74) is 2.25. The number of rotatable bonds is 3. The Morgan fingerprint density at radius 2 is 1.75 bits per heavy atom. The normalized spacial score (nSPS) is 15.2. The molecule has 0 atom stereocenters. The first kappa shape index (κ1) is 13.2. The van der Waals surface area contributed by atoms with Crippen molar-refractivity contribution in [3.63, 3.8) is 0 Å². The first-order valence-corrected chi connectivity index (χ1v) is 7.74. The van der Waals surface area contributed by atoms with Crippen molar-refractivity contribution in [2.75, 3.05) is 0 Å². The van der Waals surface area contributed by atoms with Crippen LogP contribution >= 0.6 is 0 Å². The van der Waals surface area contributed by atoms with Gasteiger partial charge in [-0.3, -0.25) is 0 Å². The summed E-state index contributed by atoms with van der Waals surface area (Å²) in [6.45, 7) is 0. The lowest BCUT2D eigenvalue weighted by molar-refractivity contribution is 0.529. The van der Waals surface area contributed by atoms with Crippen molar-refractivity contribution in [2.24, 2.45) is 0 Å². The Morgan fingerprint density at radius 1 is 1.10 bits per heavy atom. The maximum Gasteiger partial charge on any atom is 0.261 e. The number of benzene rings is 1. The number of nitrogens with zero attached hydrogens (tertiary/aromatic N) is 1. The summed E-state index contributed by atoms with van der Waals surface area (Å²) in [6.07, 6.45) is 2.49. The highest BCUT2D eigenvalue weighted by Crippen LogP contribution is 2.23. The van der Waals surface area contributed by atoms with Crippen molar-refractivity contribution in [2.45, 2.75) is 23.9 Å². The highest BCUT2D eigenvalue weighted by molar-refractivity contribution is 7.89. The second-order valence-corrected chi connectivity index (χ2v) is 6.41. The van der Waals surface area contributed by atoms with Gasteiger partial charge in [-0.05, 0) is 36.1 Å². The van der Waals surface area contributed by atoms with E-state index in [1.54, 1.807) is 0 Å². The number of nitrogens with one attached hydrogen (secondary N) is 1. The number of hydrogen-bond acceptors (Lipinski definition) is 3. The molecule has 1 aromatic heterocycles. The van der Waals surface area contributed by atoms with Crippen LogP contribution in [0, 0.1) is 5.82 Å². The van der Waals surface area contributed by atoms with Crippen molar-refractivity contribution in [1.82, 2.24) is 9.71 Å². The van der Waals surface area contributed by atoms with E-state index in [4.69, 9.17) is 0 Å². The Bertz CT molecular complexity index is 721. The van der Waals surface area contributed by atoms with E-state index in [9.17, 15) is 12.8 Å². The van der Waals surface area contributed by atoms with Gasteiger partial charge in [0.15, 0.2) is 5.82 Å². The van der Waals surface area contributed by atoms with Crippen molar-refractivity contribution >= 4 is 10.0 Å². The van der Waals surface area contributed by atoms with Crippen LogP contribution in [0.3, 0.4) is 0 Å². The SMILES string of the molecule is O=S(=O)(NC1Cc2ccccc2C1)c1ncccc1F. The minimum atomic E-state index is -3.93. The zero-order chi connectivity index (χ0) is 14.2. The van der Waals surface area contributed by atoms with Gasteiger partial charge in [0.25, 0.3) is 10.0 Å². The van der Waals surface area contributed by atoms with Crippen LogP contribution in [0.4, 0.5) is 4.39 Å². The van der Waals surface area contributed by atoms with Gasteiger partial charge >= 0.3 is 0 Å². The van der Waals surface area contributed by atoms with E-state index < -0.39 is 20.9 Å². The lowest BCUT2D eigenvalue weighted by Gasteiger charge is -2.12. The summed E-state index contributed by atoms with van der Waals surface area (Å²) in [7, 11) is -3.93. The molecule has 0 fully saturated rings. The average Bonchev–Trinajstić information content (AvgIpc) is 2.80. The predicted octanol–water partition coefficient (Wildman–Crippen LogP) is 1.67. The highest BCUT2D eigenvalue weighted by atomic mass is 32.2. The molecule has 4 nitrogen and oxygen atoms in total. The third-order valence-electron chi connectivity index (χ3n) is 3.35. The summed E-state index contributed by atoms with van der Waals surface area (Å²) < 4.78 is 40.4. The Morgan fingerprint density at radius 3 is 2.35 bits per heavy atom. The Balaban J connectivity index is 1.81. The standard InChI is InChI=1S/C14H13FN2O2S/c15-13-6-3-7-16-14(13)20(18,19)17-12-8-10-4-1-2-5-11(10)9-12/h1-7,12,17H,8-9H2. The number of aromatic nitrogens is 1. The van der Waals surface area contributed by atoms with Crippen LogP contribution < -0.4 is 4.72 Å². The van der Waals surface area contributed by atoms with Crippen molar-refractivity contribution in [1.29, 1.82) is 0 Å². The number of halogens is 1. The summed E-state index contributed by atoms with van der Waals surface area (Å²) in [5, 5.41) is -0.545. The molecule has 0 aliphatic heterocycles. The van der Waals surface area contributed by atoms with Gasteiger partial charge in [0.05, 0.1) is 0 Å². The lowest BCUT2D eigenvalue weighted by Crippen LogP contribution is -2.36. The second kappa shape index (κ2) is 4.96. The van der Waals surface area contributed by atoms with Crippen molar-refractivity contribution in [3.8, 4) is 0 Å². The molecule has 0 amide bonds. The molecule has 0 unspecified atom stereocenters. The molecule has 3 rings (SSSR count). The average molecular weight is 292 g/mol. The molecular weight excluding hydrogens is 279 g/mol. The molecule has 20 heavy (non-hydrogen) atoms. The molecule has 0 saturated carbocycles. The van der Waals surface area contributed by atoms with Gasteiger partial charge in [-0.1, -0.05) is 24.3 Å². The fourth-order valence-electron chi connectivity index (χ4n) is 2.49. The largest absolute Gasteiger partial charge is 0.261 e. The molecule has 104 valence electrons. The molecule has 0 radical (unpaired) electrons. The monoisotopic (exact) mass is 292 g/mol. The third-order valence-corrected chi connectivity index (χ3v) is 4.81. The summed E-state index contributed by atoms with van der Waals surface area (Å²) in [6, 6.07) is 10.0. The van der Waals surface area contributed by atoms with E-state index in [0.29, 0.717) is 12.8 Å². The first-order valence-electron chi connectivity index (χ1n) is 6.26. The zero-order valence-corrected chi connectivity index (χ0v) is 11.4. The zero-order valence-electron chi connectivity index (χ0n) is 10.6. The van der Waals surface area contributed by atoms with E-state index in [1.165, 1.54) is 12.3 Å². The fourth-order valence-corrected chi connectivity index (χ4v) is 3.73. The van der Waals surface area contributed by atoms with Crippen molar-refractivity contribution < 1.29 is 12.8 Å². The second-order valence-electron chi connectivity index (χ2n) is 4.79. The highest BCUT2D eigenvalue weighted by Gasteiger charge is 2.28. The molecule has 0 saturated heterocycles. The van der Waals surface area contributed by atoms with Crippen LogP contribution in [-0.2, 0) is 22.9 Å². The molecule has 1 aromatic carbocycles. The first-order chi connectivity index (χ1) is 9.56. The molecule has 1 aliphatic rings. The Labute approximate surface area is 116 Å². The van der Waals surface area contributed by atoms with Crippen LogP contribution in [-0.4, -0.2) is 19.4 Å². The van der Waals surface area contributed by atoms with Crippen LogP contribution in [0.15, 0.2) is 47.6 Å².